The molecule has 0 spiro atoms. The molecule has 0 aromatic heterocycles. The molecule has 0 saturated carbocycles. The number of carbonyl (C=O) groups is 3. The molecule has 1 aromatic carbocycles. The van der Waals surface area contributed by atoms with Gasteiger partial charge in [-0.05, 0) is 25.1 Å². The fourth-order valence-corrected chi connectivity index (χ4v) is 3.62. The second-order valence-corrected chi connectivity index (χ2v) is 5.96. The lowest BCUT2D eigenvalue weighted by Gasteiger charge is -2.20. The smallest absolute Gasteiger partial charge is 0.240 e. The first kappa shape index (κ1) is 14.1. The third kappa shape index (κ3) is 1.81. The van der Waals surface area contributed by atoms with Crippen LogP contribution in [0.5, 0.6) is 5.75 Å². The van der Waals surface area contributed by atoms with Crippen LogP contribution in [-0.4, -0.2) is 36.9 Å². The highest BCUT2D eigenvalue weighted by Crippen LogP contribution is 2.47. The first-order chi connectivity index (χ1) is 11.0. The monoisotopic (exact) mass is 313 g/mol. The number of hydrogen-bond acceptors (Lipinski definition) is 5. The van der Waals surface area contributed by atoms with Crippen LogP contribution in [0, 0.1) is 11.8 Å². The Bertz CT molecular complexity index is 738. The minimum Gasteiger partial charge on any atom is -0.495 e. The fourth-order valence-electron chi connectivity index (χ4n) is 3.62. The van der Waals surface area contributed by atoms with Crippen LogP contribution < -0.4 is 9.64 Å². The second kappa shape index (κ2) is 4.76. The lowest BCUT2D eigenvalue weighted by Crippen LogP contribution is -2.34. The highest BCUT2D eigenvalue weighted by atomic mass is 16.5. The van der Waals surface area contributed by atoms with Crippen LogP contribution in [0.2, 0.25) is 0 Å². The first-order valence-corrected chi connectivity index (χ1v) is 7.43. The number of imide groups is 1. The maximum Gasteiger partial charge on any atom is 0.240 e. The number of anilines is 1. The number of amides is 2. The Balaban J connectivity index is 1.80. The molecule has 4 rings (SSSR count). The standard InChI is InChI=1S/C17H15NO5/c1-8(19)9-3-4-11(22-2)10(7-9)18-16(20)14-12-5-6-13(23-12)15(14)17(18)21/h3-7,12-15H,1-2H3/t12-,13-,14-,15-/m1/s1. The predicted molar refractivity (Wildman–Crippen MR) is 80.3 cm³/mol. The highest BCUT2D eigenvalue weighted by Gasteiger charge is 2.61. The van der Waals surface area contributed by atoms with Crippen LogP contribution in [0.1, 0.15) is 17.3 Å². The third-order valence-electron chi connectivity index (χ3n) is 4.74. The summed E-state index contributed by atoms with van der Waals surface area (Å²) in [6.45, 7) is 1.44. The van der Waals surface area contributed by atoms with E-state index in [0.29, 0.717) is 17.0 Å². The van der Waals surface area contributed by atoms with Crippen LogP contribution in [0.3, 0.4) is 0 Å². The van der Waals surface area contributed by atoms with E-state index in [4.69, 9.17) is 9.47 Å². The molecule has 1 aromatic rings. The number of nitrogens with zero attached hydrogens (tertiary/aromatic N) is 1. The zero-order valence-corrected chi connectivity index (χ0v) is 12.7. The molecule has 0 unspecified atom stereocenters. The molecule has 6 heteroatoms. The zero-order chi connectivity index (χ0) is 16.3. The van der Waals surface area contributed by atoms with Gasteiger partial charge in [0.1, 0.15) is 5.75 Å². The third-order valence-corrected chi connectivity index (χ3v) is 4.74. The van der Waals surface area contributed by atoms with Gasteiger partial charge in [-0.15, -0.1) is 0 Å². The summed E-state index contributed by atoms with van der Waals surface area (Å²) in [5, 5.41) is 0. The largest absolute Gasteiger partial charge is 0.495 e. The van der Waals surface area contributed by atoms with Crippen molar-refractivity contribution in [2.75, 3.05) is 12.0 Å². The SMILES string of the molecule is COc1ccc(C(C)=O)cc1N1C(=O)[C@H]2[C@H](C1=O)[C@H]1C=C[C@H]2O1. The molecule has 4 atom stereocenters. The van der Waals surface area contributed by atoms with Crippen molar-refractivity contribution in [3.8, 4) is 5.75 Å². The molecule has 3 heterocycles. The molecule has 6 nitrogen and oxygen atoms in total. The van der Waals surface area contributed by atoms with E-state index >= 15 is 0 Å². The van der Waals surface area contributed by atoms with E-state index in [0.717, 1.165) is 4.90 Å². The van der Waals surface area contributed by atoms with Crippen molar-refractivity contribution in [3.05, 3.63) is 35.9 Å². The number of carbonyl (C=O) groups excluding carboxylic acids is 3. The summed E-state index contributed by atoms with van der Waals surface area (Å²) >= 11 is 0. The molecule has 2 saturated heterocycles. The van der Waals surface area contributed by atoms with Crippen LogP contribution in [0.4, 0.5) is 5.69 Å². The maximum atomic E-state index is 12.8. The van der Waals surface area contributed by atoms with Gasteiger partial charge in [0.15, 0.2) is 5.78 Å². The van der Waals surface area contributed by atoms with Gasteiger partial charge < -0.3 is 9.47 Å². The molecule has 3 aliphatic heterocycles. The minimum atomic E-state index is -0.483. The Morgan fingerprint density at radius 1 is 1.13 bits per heavy atom. The molecule has 0 aliphatic carbocycles. The topological polar surface area (TPSA) is 72.9 Å². The number of benzene rings is 1. The van der Waals surface area contributed by atoms with E-state index < -0.39 is 11.8 Å². The molecule has 0 N–H and O–H groups in total. The minimum absolute atomic E-state index is 0.140. The van der Waals surface area contributed by atoms with E-state index in [2.05, 4.69) is 0 Å². The van der Waals surface area contributed by atoms with Crippen LogP contribution in [-0.2, 0) is 14.3 Å². The summed E-state index contributed by atoms with van der Waals surface area (Å²) in [6, 6.07) is 4.75. The number of rotatable bonds is 3. The van der Waals surface area contributed by atoms with Gasteiger partial charge in [0, 0.05) is 5.56 Å². The van der Waals surface area contributed by atoms with Gasteiger partial charge in [-0.3, -0.25) is 14.4 Å². The van der Waals surface area contributed by atoms with Gasteiger partial charge >= 0.3 is 0 Å². The van der Waals surface area contributed by atoms with Crippen molar-refractivity contribution < 1.29 is 23.9 Å². The van der Waals surface area contributed by atoms with Crippen molar-refractivity contribution in [3.63, 3.8) is 0 Å². The molecular formula is C17H15NO5. The predicted octanol–water partition coefficient (Wildman–Crippen LogP) is 1.34. The molecule has 2 amide bonds. The molecule has 0 radical (unpaired) electrons. The molecular weight excluding hydrogens is 298 g/mol. The Kier molecular flexibility index (Phi) is 2.93. The number of fused-ring (bicyclic) bond motifs is 5. The summed E-state index contributed by atoms with van der Waals surface area (Å²) < 4.78 is 10.9. The Labute approximate surface area is 132 Å². The van der Waals surface area contributed by atoms with Crippen molar-refractivity contribution in [1.82, 2.24) is 0 Å². The van der Waals surface area contributed by atoms with Gasteiger partial charge in [-0.1, -0.05) is 12.2 Å². The van der Waals surface area contributed by atoms with E-state index in [1.54, 1.807) is 12.1 Å². The highest BCUT2D eigenvalue weighted by molar-refractivity contribution is 6.24. The number of hydrogen-bond donors (Lipinski definition) is 0. The molecule has 2 fully saturated rings. The van der Waals surface area contributed by atoms with Gasteiger partial charge in [-0.25, -0.2) is 4.90 Å². The van der Waals surface area contributed by atoms with Crippen molar-refractivity contribution in [1.29, 1.82) is 0 Å². The van der Waals surface area contributed by atoms with Gasteiger partial charge in [0.2, 0.25) is 11.8 Å². The maximum absolute atomic E-state index is 12.8. The average Bonchev–Trinajstić information content (AvgIpc) is 3.21. The zero-order valence-electron chi connectivity index (χ0n) is 12.7. The Morgan fingerprint density at radius 3 is 2.26 bits per heavy atom. The van der Waals surface area contributed by atoms with Crippen molar-refractivity contribution >= 4 is 23.3 Å². The summed E-state index contributed by atoms with van der Waals surface area (Å²) in [5.74, 6) is -1.31. The summed E-state index contributed by atoms with van der Waals surface area (Å²) in [5.41, 5.74) is 0.750. The lowest BCUT2D eigenvalue weighted by atomic mass is 9.85. The summed E-state index contributed by atoms with van der Waals surface area (Å²) in [6.07, 6.45) is 3.00. The van der Waals surface area contributed by atoms with E-state index in [9.17, 15) is 14.4 Å². The molecule has 23 heavy (non-hydrogen) atoms. The van der Waals surface area contributed by atoms with Gasteiger partial charge in [0.05, 0.1) is 36.8 Å². The Morgan fingerprint density at radius 2 is 1.74 bits per heavy atom. The Hall–Kier alpha value is -2.47. The normalized spacial score (nSPS) is 31.0. The first-order valence-electron chi connectivity index (χ1n) is 7.43. The lowest BCUT2D eigenvalue weighted by molar-refractivity contribution is -0.124. The van der Waals surface area contributed by atoms with Crippen LogP contribution in [0.25, 0.3) is 0 Å². The van der Waals surface area contributed by atoms with E-state index in [-0.39, 0.29) is 29.8 Å². The van der Waals surface area contributed by atoms with Crippen molar-refractivity contribution in [2.45, 2.75) is 19.1 Å². The van der Waals surface area contributed by atoms with Gasteiger partial charge in [0.25, 0.3) is 0 Å². The van der Waals surface area contributed by atoms with E-state index in [1.807, 2.05) is 12.2 Å². The number of ether oxygens (including phenoxy) is 2. The summed E-state index contributed by atoms with van der Waals surface area (Å²) in [7, 11) is 1.46. The second-order valence-electron chi connectivity index (χ2n) is 5.96. The molecule has 2 bridgehead atoms. The number of methoxy groups -OCH3 is 1. The van der Waals surface area contributed by atoms with Crippen LogP contribution >= 0.6 is 0 Å². The quantitative estimate of drug-likeness (QED) is 0.478. The van der Waals surface area contributed by atoms with Crippen molar-refractivity contribution in [2.24, 2.45) is 11.8 Å². The average molecular weight is 313 g/mol. The molecule has 3 aliphatic rings. The summed E-state index contributed by atoms with van der Waals surface area (Å²) in [4.78, 5) is 38.4. The fraction of sp³-hybridized carbons (Fsp3) is 0.353. The van der Waals surface area contributed by atoms with E-state index in [1.165, 1.54) is 20.1 Å². The number of Topliss-reactive ketones (excluding diaryl/α,β-unsaturated/α-hetero) is 1. The van der Waals surface area contributed by atoms with Gasteiger partial charge in [-0.2, -0.15) is 0 Å². The molecule has 118 valence electrons. The van der Waals surface area contributed by atoms with Crippen LogP contribution in [0.15, 0.2) is 30.4 Å². The number of ketones is 1.